The van der Waals surface area contributed by atoms with Crippen LogP contribution >= 0.6 is 0 Å². The summed E-state index contributed by atoms with van der Waals surface area (Å²) >= 11 is 0. The molecule has 0 saturated heterocycles. The summed E-state index contributed by atoms with van der Waals surface area (Å²) < 4.78 is 4.65. The van der Waals surface area contributed by atoms with Gasteiger partial charge in [-0.1, -0.05) is 12.1 Å². The van der Waals surface area contributed by atoms with E-state index in [-0.39, 0.29) is 5.97 Å². The number of aliphatic hydroxyl groups is 1. The smallest absolute Gasteiger partial charge is 0.337 e. The average Bonchev–Trinajstić information content (AvgIpc) is 3.20. The first-order valence-corrected chi connectivity index (χ1v) is 5.75. The minimum Gasteiger partial charge on any atom is -0.465 e. The van der Waals surface area contributed by atoms with Crippen LogP contribution in [0.5, 0.6) is 0 Å². The molecule has 0 aliphatic heterocycles. The molecule has 1 saturated carbocycles. The third-order valence-electron chi connectivity index (χ3n) is 3.17. The van der Waals surface area contributed by atoms with Crippen LogP contribution in [0.15, 0.2) is 24.3 Å². The highest BCUT2D eigenvalue weighted by atomic mass is 16.5. The van der Waals surface area contributed by atoms with E-state index in [1.165, 1.54) is 7.11 Å². The molecule has 4 nitrogen and oxygen atoms in total. The first-order chi connectivity index (χ1) is 8.13. The van der Waals surface area contributed by atoms with Crippen molar-refractivity contribution in [3.63, 3.8) is 0 Å². The van der Waals surface area contributed by atoms with Crippen molar-refractivity contribution in [1.82, 2.24) is 0 Å². The van der Waals surface area contributed by atoms with E-state index < -0.39 is 12.1 Å². The van der Waals surface area contributed by atoms with Crippen LogP contribution in [-0.2, 0) is 4.74 Å². The number of nitrogens with two attached hydrogens (primary N) is 1. The van der Waals surface area contributed by atoms with Crippen LogP contribution in [0.2, 0.25) is 0 Å². The van der Waals surface area contributed by atoms with Gasteiger partial charge in [-0.05, 0) is 36.5 Å². The fourth-order valence-electron chi connectivity index (χ4n) is 1.92. The fraction of sp³-hybridized carbons (Fsp3) is 0.462. The van der Waals surface area contributed by atoms with Gasteiger partial charge in [0.2, 0.25) is 0 Å². The molecule has 0 aromatic heterocycles. The largest absolute Gasteiger partial charge is 0.465 e. The maximum absolute atomic E-state index is 11.4. The zero-order valence-electron chi connectivity index (χ0n) is 9.80. The molecule has 0 bridgehead atoms. The summed E-state index contributed by atoms with van der Waals surface area (Å²) in [5.41, 5.74) is 7.22. The van der Waals surface area contributed by atoms with Crippen molar-refractivity contribution >= 4 is 5.97 Å². The van der Waals surface area contributed by atoms with Gasteiger partial charge >= 0.3 is 5.97 Å². The van der Waals surface area contributed by atoms with Gasteiger partial charge in [-0.25, -0.2) is 4.79 Å². The second-order valence-corrected chi connectivity index (χ2v) is 4.47. The molecule has 1 aliphatic carbocycles. The fourth-order valence-corrected chi connectivity index (χ4v) is 1.92. The summed E-state index contributed by atoms with van der Waals surface area (Å²) in [4.78, 5) is 11.4. The van der Waals surface area contributed by atoms with E-state index in [0.29, 0.717) is 11.5 Å². The van der Waals surface area contributed by atoms with Crippen molar-refractivity contribution in [3.8, 4) is 0 Å². The summed E-state index contributed by atoms with van der Waals surface area (Å²) in [6.07, 6.45) is 1.54. The highest BCUT2D eigenvalue weighted by Crippen LogP contribution is 2.37. The SMILES string of the molecule is COC(=O)c1cccc([C@@H](N)[C@@H](O)C2CC2)c1. The molecule has 2 atom stereocenters. The number of carbonyl (C=O) groups excluding carboxylic acids is 1. The molecule has 0 radical (unpaired) electrons. The predicted octanol–water partition coefficient (Wildman–Crippen LogP) is 1.24. The van der Waals surface area contributed by atoms with E-state index in [1.807, 2.05) is 6.07 Å². The average molecular weight is 235 g/mol. The van der Waals surface area contributed by atoms with Crippen LogP contribution in [0.3, 0.4) is 0 Å². The number of hydrogen-bond donors (Lipinski definition) is 2. The van der Waals surface area contributed by atoms with Gasteiger partial charge in [-0.3, -0.25) is 0 Å². The molecule has 92 valence electrons. The number of methoxy groups -OCH3 is 1. The Labute approximate surface area is 100 Å². The molecule has 1 aliphatic rings. The number of hydrogen-bond acceptors (Lipinski definition) is 4. The van der Waals surface area contributed by atoms with Gasteiger partial charge in [-0.2, -0.15) is 0 Å². The molecule has 1 fully saturated rings. The zero-order valence-corrected chi connectivity index (χ0v) is 9.80. The number of benzene rings is 1. The van der Waals surface area contributed by atoms with E-state index in [0.717, 1.165) is 18.4 Å². The molecule has 2 rings (SSSR count). The van der Waals surface area contributed by atoms with Crippen molar-refractivity contribution in [2.45, 2.75) is 25.0 Å². The van der Waals surface area contributed by atoms with E-state index in [9.17, 15) is 9.90 Å². The molecule has 1 aromatic rings. The van der Waals surface area contributed by atoms with Crippen molar-refractivity contribution in [2.75, 3.05) is 7.11 Å². The van der Waals surface area contributed by atoms with Crippen LogP contribution in [0.4, 0.5) is 0 Å². The number of esters is 1. The van der Waals surface area contributed by atoms with Gasteiger partial charge in [0.15, 0.2) is 0 Å². The highest BCUT2D eigenvalue weighted by molar-refractivity contribution is 5.89. The van der Waals surface area contributed by atoms with Crippen molar-refractivity contribution < 1.29 is 14.6 Å². The summed E-state index contributed by atoms with van der Waals surface area (Å²) in [7, 11) is 1.34. The number of aliphatic hydroxyl groups excluding tert-OH is 1. The van der Waals surface area contributed by atoms with E-state index >= 15 is 0 Å². The van der Waals surface area contributed by atoms with Crippen LogP contribution in [0.25, 0.3) is 0 Å². The molecular weight excluding hydrogens is 218 g/mol. The second kappa shape index (κ2) is 4.85. The van der Waals surface area contributed by atoms with Gasteiger partial charge in [0.25, 0.3) is 0 Å². The van der Waals surface area contributed by atoms with Gasteiger partial charge in [0.1, 0.15) is 0 Å². The van der Waals surface area contributed by atoms with E-state index in [1.54, 1.807) is 18.2 Å². The predicted molar refractivity (Wildman–Crippen MR) is 63.4 cm³/mol. The first kappa shape index (κ1) is 12.1. The first-order valence-electron chi connectivity index (χ1n) is 5.75. The van der Waals surface area contributed by atoms with Crippen LogP contribution in [0, 0.1) is 5.92 Å². The molecule has 0 spiro atoms. The lowest BCUT2D eigenvalue weighted by molar-refractivity contribution is 0.0600. The van der Waals surface area contributed by atoms with E-state index in [4.69, 9.17) is 5.73 Å². The molecule has 1 aromatic carbocycles. The maximum Gasteiger partial charge on any atom is 0.337 e. The molecule has 17 heavy (non-hydrogen) atoms. The van der Waals surface area contributed by atoms with Crippen LogP contribution in [-0.4, -0.2) is 24.3 Å². The molecule has 0 heterocycles. The highest BCUT2D eigenvalue weighted by Gasteiger charge is 2.34. The Morgan fingerprint density at radius 3 is 2.82 bits per heavy atom. The lowest BCUT2D eigenvalue weighted by atomic mass is 9.97. The quantitative estimate of drug-likeness (QED) is 0.770. The Morgan fingerprint density at radius 2 is 2.24 bits per heavy atom. The minimum atomic E-state index is -0.525. The number of ether oxygens (including phenoxy) is 1. The third kappa shape index (κ3) is 2.65. The lowest BCUT2D eigenvalue weighted by Crippen LogP contribution is -2.28. The van der Waals surface area contributed by atoms with E-state index in [2.05, 4.69) is 4.74 Å². The Bertz CT molecular complexity index is 415. The molecule has 0 unspecified atom stereocenters. The third-order valence-corrected chi connectivity index (χ3v) is 3.17. The zero-order chi connectivity index (χ0) is 12.4. The van der Waals surface area contributed by atoms with Gasteiger partial charge < -0.3 is 15.6 Å². The standard InChI is InChI=1S/C13H17NO3/c1-17-13(16)10-4-2-3-9(7-10)11(14)12(15)8-5-6-8/h2-4,7-8,11-12,15H,5-6,14H2,1H3/t11-,12+/m1/s1. The van der Waals surface area contributed by atoms with Crippen molar-refractivity contribution in [2.24, 2.45) is 11.7 Å². The normalized spacial score (nSPS) is 18.5. The number of carbonyl (C=O) groups is 1. The topological polar surface area (TPSA) is 72.5 Å². The Morgan fingerprint density at radius 1 is 1.53 bits per heavy atom. The second-order valence-electron chi connectivity index (χ2n) is 4.47. The van der Waals surface area contributed by atoms with Gasteiger partial charge in [-0.15, -0.1) is 0 Å². The van der Waals surface area contributed by atoms with Crippen LogP contribution < -0.4 is 5.73 Å². The molecule has 4 heteroatoms. The summed E-state index contributed by atoms with van der Waals surface area (Å²) in [6, 6.07) is 6.49. The Kier molecular flexibility index (Phi) is 3.45. The Balaban J connectivity index is 2.17. The minimum absolute atomic E-state index is 0.312. The summed E-state index contributed by atoms with van der Waals surface area (Å²) in [5.74, 6) is -0.0771. The maximum atomic E-state index is 11.4. The molecule has 0 amide bonds. The molecule has 3 N–H and O–H groups in total. The monoisotopic (exact) mass is 235 g/mol. The van der Waals surface area contributed by atoms with Gasteiger partial charge in [0.05, 0.1) is 24.8 Å². The van der Waals surface area contributed by atoms with Gasteiger partial charge in [0, 0.05) is 0 Å². The molecular formula is C13H17NO3. The number of rotatable bonds is 4. The lowest BCUT2D eigenvalue weighted by Gasteiger charge is -2.19. The van der Waals surface area contributed by atoms with Crippen molar-refractivity contribution in [3.05, 3.63) is 35.4 Å². The van der Waals surface area contributed by atoms with Crippen LogP contribution in [0.1, 0.15) is 34.8 Å². The summed E-state index contributed by atoms with van der Waals surface area (Å²) in [5, 5.41) is 9.96. The summed E-state index contributed by atoms with van der Waals surface area (Å²) in [6.45, 7) is 0. The van der Waals surface area contributed by atoms with Crippen molar-refractivity contribution in [1.29, 1.82) is 0 Å². The Hall–Kier alpha value is -1.39.